The molecule has 56 heavy (non-hydrogen) atoms. The van der Waals surface area contributed by atoms with Gasteiger partial charge in [0.2, 0.25) is 5.60 Å². The highest BCUT2D eigenvalue weighted by atomic mass is 16.6. The fraction of sp³-hybridized carbons (Fsp3) is 0.721. The van der Waals surface area contributed by atoms with Crippen LogP contribution in [0.25, 0.3) is 0 Å². The van der Waals surface area contributed by atoms with E-state index in [0.717, 1.165) is 35.2 Å². The zero-order chi connectivity index (χ0) is 41.3. The summed E-state index contributed by atoms with van der Waals surface area (Å²) in [5.41, 5.74) is 0.0847. The maximum atomic E-state index is 12.2. The molecule has 4 saturated carbocycles. The maximum Gasteiger partial charge on any atom is 0.407 e. The highest BCUT2D eigenvalue weighted by molar-refractivity contribution is 5.84. The molecule has 4 fully saturated rings. The Balaban J connectivity index is 0.00000114. The first-order valence-corrected chi connectivity index (χ1v) is 20.3. The number of ether oxygens (including phenoxy) is 4. The molecule has 1 aromatic carbocycles. The van der Waals surface area contributed by atoms with Crippen LogP contribution < -0.4 is 5.32 Å². The van der Waals surface area contributed by atoms with Crippen molar-refractivity contribution in [1.82, 2.24) is 10.2 Å². The van der Waals surface area contributed by atoms with Gasteiger partial charge in [0.25, 0.3) is 0 Å². The quantitative estimate of drug-likeness (QED) is 0.144. The first-order chi connectivity index (χ1) is 26.4. The number of benzene rings is 1. The summed E-state index contributed by atoms with van der Waals surface area (Å²) >= 11 is 0. The molecule has 4 aliphatic rings. The Hall–Kier alpha value is -4.00. The van der Waals surface area contributed by atoms with Gasteiger partial charge in [-0.15, -0.1) is 0 Å². The molecule has 0 bridgehead atoms. The summed E-state index contributed by atoms with van der Waals surface area (Å²) in [5.74, 6) is 1.72. The molecule has 0 saturated heterocycles. The first-order valence-electron chi connectivity index (χ1n) is 20.3. The Kier molecular flexibility index (Phi) is 15.5. The van der Waals surface area contributed by atoms with Crippen molar-refractivity contribution >= 4 is 35.8 Å². The van der Waals surface area contributed by atoms with Crippen molar-refractivity contribution in [3.05, 3.63) is 35.9 Å². The summed E-state index contributed by atoms with van der Waals surface area (Å²) in [6.45, 7) is 10.7. The molecule has 0 aliphatic heterocycles. The summed E-state index contributed by atoms with van der Waals surface area (Å²) in [7, 11) is 1.56. The van der Waals surface area contributed by atoms with Crippen LogP contribution in [0, 0.1) is 46.3 Å². The molecule has 2 N–H and O–H groups in total. The molecular weight excluding hydrogens is 720 g/mol. The summed E-state index contributed by atoms with van der Waals surface area (Å²) in [4.78, 5) is 71.2. The molecule has 13 nitrogen and oxygen atoms in total. The molecule has 5 rings (SSSR count). The Morgan fingerprint density at radius 3 is 2.25 bits per heavy atom. The molecular formula is C43H72N2O11. The van der Waals surface area contributed by atoms with Crippen LogP contribution in [0.15, 0.2) is 30.3 Å². The SMILES string of the molecule is CC(=O)[C@H]1CCC2[C@@H]3CCC4C[C@@H](C)CC[C@]4(C)C3CC[C@@]21C.CN(CCOC(=O)CNC(=O)OCc1ccccc1)CC(=O)OC(C)(C)C(=O)OCC(=O)O.[HH].[HH].[HH].[HH]. The van der Waals surface area contributed by atoms with E-state index in [9.17, 15) is 28.8 Å². The number of likely N-dealkylation sites (N-methyl/N-ethyl adjacent to an activating group) is 1. The number of esters is 3. The Labute approximate surface area is 337 Å². The first kappa shape index (κ1) is 44.7. The highest BCUT2D eigenvalue weighted by Crippen LogP contribution is 2.67. The van der Waals surface area contributed by atoms with Gasteiger partial charge in [-0.05, 0) is 125 Å². The molecule has 0 spiro atoms. The fourth-order valence-electron chi connectivity index (χ4n) is 10.4. The van der Waals surface area contributed by atoms with E-state index in [1.165, 1.54) is 76.5 Å². The number of amides is 1. The van der Waals surface area contributed by atoms with E-state index >= 15 is 0 Å². The van der Waals surface area contributed by atoms with Crippen molar-refractivity contribution in [2.45, 2.75) is 112 Å². The topological polar surface area (TPSA) is 175 Å². The van der Waals surface area contributed by atoms with Gasteiger partial charge in [-0.3, -0.25) is 19.3 Å². The zero-order valence-corrected chi connectivity index (χ0v) is 34.4. The number of hydrogen-bond acceptors (Lipinski definition) is 11. The van der Waals surface area contributed by atoms with Crippen LogP contribution in [0.4, 0.5) is 4.79 Å². The molecule has 8 atom stereocenters. The molecule has 0 aromatic heterocycles. The summed E-state index contributed by atoms with van der Waals surface area (Å²) in [6.07, 6.45) is 11.8. The third-order valence-corrected chi connectivity index (χ3v) is 13.3. The van der Waals surface area contributed by atoms with Gasteiger partial charge in [-0.2, -0.15) is 0 Å². The van der Waals surface area contributed by atoms with Crippen molar-refractivity contribution in [2.75, 3.05) is 39.9 Å². The number of carboxylic acid groups (broad SMARTS) is 1. The lowest BCUT2D eigenvalue weighted by molar-refractivity contribution is -0.181. The fourth-order valence-corrected chi connectivity index (χ4v) is 10.4. The monoisotopic (exact) mass is 793 g/mol. The predicted molar refractivity (Wildman–Crippen MR) is 215 cm³/mol. The van der Waals surface area contributed by atoms with Gasteiger partial charge in [-0.25, -0.2) is 14.4 Å². The standard InChI is InChI=1S/C22H36O.C21H28N2O10.4H2/c1-14-9-11-21(3)16(13-14)5-6-17-19-8-7-18(15(2)23)22(19,4)12-10-20(17)21;1-21(2,19(28)31-14-16(24)25)33-18(27)12-23(3)9-10-30-17(26)11-22-20(29)32-13-15-7-5-4-6-8-15;;;;/h14,16-20H,5-13H2,1-4H3;4-8H,9-14H2,1-3H3,(H,22,29)(H,24,25);4*1H/t14-,16?,17-,18+,19?,20?,21-,22+;;;;;/m0...../s1. The lowest BCUT2D eigenvalue weighted by Gasteiger charge is -2.61. The van der Waals surface area contributed by atoms with E-state index in [1.54, 1.807) is 19.2 Å². The normalized spacial score (nSPS) is 29.2. The van der Waals surface area contributed by atoms with Crippen LogP contribution in [0.5, 0.6) is 0 Å². The molecule has 1 amide bonds. The number of carbonyl (C=O) groups excluding carboxylic acids is 5. The number of aliphatic carboxylic acids is 1. The van der Waals surface area contributed by atoms with Crippen molar-refractivity contribution in [2.24, 2.45) is 46.3 Å². The number of carbonyl (C=O) groups is 6. The molecule has 4 aliphatic carbocycles. The highest BCUT2D eigenvalue weighted by Gasteiger charge is 2.60. The average Bonchev–Trinajstić information content (AvgIpc) is 3.50. The second kappa shape index (κ2) is 19.4. The second-order valence-electron chi connectivity index (χ2n) is 17.6. The Morgan fingerprint density at radius 1 is 0.893 bits per heavy atom. The van der Waals surface area contributed by atoms with E-state index in [0.29, 0.717) is 22.5 Å². The van der Waals surface area contributed by atoms with Gasteiger partial charge in [0.1, 0.15) is 25.5 Å². The van der Waals surface area contributed by atoms with Gasteiger partial charge >= 0.3 is 30.0 Å². The van der Waals surface area contributed by atoms with Crippen molar-refractivity contribution in [3.8, 4) is 0 Å². The van der Waals surface area contributed by atoms with E-state index in [1.807, 2.05) is 25.1 Å². The number of fused-ring (bicyclic) bond motifs is 5. The Morgan fingerprint density at radius 2 is 1.57 bits per heavy atom. The predicted octanol–water partition coefficient (Wildman–Crippen LogP) is 7.19. The number of alkyl carbamates (subject to hydrolysis) is 1. The maximum absolute atomic E-state index is 12.2. The number of hydrogen-bond donors (Lipinski definition) is 2. The molecule has 13 heteroatoms. The number of rotatable bonds is 14. The Bertz CT molecular complexity index is 1570. The number of ketones is 1. The van der Waals surface area contributed by atoms with Gasteiger partial charge in [0.15, 0.2) is 6.61 Å². The van der Waals surface area contributed by atoms with Crippen molar-refractivity contribution < 1.29 is 58.5 Å². The molecule has 3 unspecified atom stereocenters. The average molecular weight is 793 g/mol. The third kappa shape index (κ3) is 11.5. The smallest absolute Gasteiger partial charge is 0.407 e. The van der Waals surface area contributed by atoms with Gasteiger partial charge in [0, 0.05) is 18.2 Å². The van der Waals surface area contributed by atoms with Gasteiger partial charge < -0.3 is 29.4 Å². The van der Waals surface area contributed by atoms with E-state index < -0.39 is 42.2 Å². The van der Waals surface area contributed by atoms with E-state index in [-0.39, 0.29) is 38.6 Å². The minimum atomic E-state index is -1.67. The van der Waals surface area contributed by atoms with Gasteiger partial charge in [0.05, 0.1) is 6.54 Å². The summed E-state index contributed by atoms with van der Waals surface area (Å²) < 4.78 is 19.5. The summed E-state index contributed by atoms with van der Waals surface area (Å²) in [6, 6.07) is 9.03. The second-order valence-corrected chi connectivity index (χ2v) is 17.6. The largest absolute Gasteiger partial charge is 0.479 e. The third-order valence-electron chi connectivity index (χ3n) is 13.3. The summed E-state index contributed by atoms with van der Waals surface area (Å²) in [5, 5.41) is 10.8. The van der Waals surface area contributed by atoms with Crippen molar-refractivity contribution in [3.63, 3.8) is 0 Å². The van der Waals surface area contributed by atoms with E-state index in [4.69, 9.17) is 19.3 Å². The minimum absolute atomic E-state index is 0. The van der Waals surface area contributed by atoms with E-state index in [2.05, 4.69) is 30.8 Å². The minimum Gasteiger partial charge on any atom is -0.479 e. The number of carboxylic acids is 1. The number of Topliss-reactive ketones (excluding diaryl/α,β-unsaturated/α-hetero) is 1. The molecule has 1 aromatic rings. The molecule has 0 heterocycles. The lowest BCUT2D eigenvalue weighted by atomic mass is 9.44. The van der Waals surface area contributed by atoms with Crippen molar-refractivity contribution in [1.29, 1.82) is 0 Å². The van der Waals surface area contributed by atoms with Gasteiger partial charge in [-0.1, -0.05) is 57.5 Å². The molecule has 320 valence electrons. The number of nitrogens with one attached hydrogen (secondary N) is 1. The van der Waals surface area contributed by atoms with Crippen LogP contribution in [0.3, 0.4) is 0 Å². The lowest BCUT2D eigenvalue weighted by Crippen LogP contribution is -2.53. The molecule has 0 radical (unpaired) electrons. The van der Waals surface area contributed by atoms with Crippen LogP contribution in [-0.2, 0) is 49.5 Å². The van der Waals surface area contributed by atoms with Crippen LogP contribution >= 0.6 is 0 Å². The van der Waals surface area contributed by atoms with Crippen LogP contribution in [-0.4, -0.2) is 91.3 Å². The zero-order valence-electron chi connectivity index (χ0n) is 34.4. The number of nitrogens with zero attached hydrogens (tertiary/aromatic N) is 1. The van der Waals surface area contributed by atoms with Crippen LogP contribution in [0.1, 0.15) is 111 Å². The van der Waals surface area contributed by atoms with Crippen LogP contribution in [0.2, 0.25) is 0 Å².